The number of aryl methyl sites for hydroxylation is 1. The number of anilines is 1. The van der Waals surface area contributed by atoms with Gasteiger partial charge in [0.1, 0.15) is 12.4 Å². The number of rotatable bonds is 12. The molecular weight excluding hydrogens is 426 g/mol. The van der Waals surface area contributed by atoms with E-state index in [1.165, 1.54) is 5.69 Å². The van der Waals surface area contributed by atoms with Gasteiger partial charge in [-0.05, 0) is 85.3 Å². The standard InChI is InChI=1S/C29H35NO4/c1-4-7-8-22-19-24(29(32)33)11-15-26(22)23-12-16-28(34-18-17-31)27(20-23)21-9-13-25(14-10-21)30(5-2)6-3/h9-16,19-20,31H,4-8,17-18H2,1-3H3,(H,32,33). The lowest BCUT2D eigenvalue weighted by molar-refractivity contribution is 0.0696. The Bertz CT molecular complexity index is 1090. The summed E-state index contributed by atoms with van der Waals surface area (Å²) in [4.78, 5) is 13.8. The smallest absolute Gasteiger partial charge is 0.335 e. The molecule has 0 aliphatic rings. The van der Waals surface area contributed by atoms with Crippen LogP contribution in [0.4, 0.5) is 5.69 Å². The molecule has 0 bridgehead atoms. The molecule has 0 aromatic heterocycles. The van der Waals surface area contributed by atoms with E-state index < -0.39 is 5.97 Å². The van der Waals surface area contributed by atoms with Crippen molar-refractivity contribution in [2.75, 3.05) is 31.2 Å². The summed E-state index contributed by atoms with van der Waals surface area (Å²) in [6.07, 6.45) is 2.85. The summed E-state index contributed by atoms with van der Waals surface area (Å²) >= 11 is 0. The molecule has 180 valence electrons. The molecule has 0 atom stereocenters. The number of carbonyl (C=O) groups is 1. The lowest BCUT2D eigenvalue weighted by Crippen LogP contribution is -2.21. The number of hydrogen-bond donors (Lipinski definition) is 2. The highest BCUT2D eigenvalue weighted by atomic mass is 16.5. The van der Waals surface area contributed by atoms with Crippen molar-refractivity contribution < 1.29 is 19.7 Å². The van der Waals surface area contributed by atoms with Gasteiger partial charge in [-0.3, -0.25) is 0 Å². The maximum absolute atomic E-state index is 11.5. The Kier molecular flexibility index (Phi) is 9.11. The van der Waals surface area contributed by atoms with Crippen LogP contribution in [-0.2, 0) is 6.42 Å². The second kappa shape index (κ2) is 12.2. The fraction of sp³-hybridized carbons (Fsp3) is 0.345. The lowest BCUT2D eigenvalue weighted by atomic mass is 9.92. The summed E-state index contributed by atoms with van der Waals surface area (Å²) in [7, 11) is 0. The van der Waals surface area contributed by atoms with Crippen molar-refractivity contribution >= 4 is 11.7 Å². The molecule has 3 rings (SSSR count). The van der Waals surface area contributed by atoms with E-state index >= 15 is 0 Å². The topological polar surface area (TPSA) is 70.0 Å². The van der Waals surface area contributed by atoms with Gasteiger partial charge in [0, 0.05) is 24.3 Å². The third-order valence-electron chi connectivity index (χ3n) is 6.10. The molecule has 0 amide bonds. The van der Waals surface area contributed by atoms with Gasteiger partial charge in [-0.2, -0.15) is 0 Å². The van der Waals surface area contributed by atoms with E-state index in [1.54, 1.807) is 12.1 Å². The molecule has 0 aliphatic carbocycles. The number of benzene rings is 3. The molecule has 0 spiro atoms. The van der Waals surface area contributed by atoms with Crippen LogP contribution in [-0.4, -0.2) is 42.5 Å². The Labute approximate surface area is 202 Å². The van der Waals surface area contributed by atoms with Gasteiger partial charge in [0.15, 0.2) is 0 Å². The summed E-state index contributed by atoms with van der Waals surface area (Å²) in [6, 6.07) is 19.9. The van der Waals surface area contributed by atoms with E-state index in [0.717, 1.165) is 60.2 Å². The molecule has 3 aromatic rings. The zero-order valence-electron chi connectivity index (χ0n) is 20.4. The van der Waals surface area contributed by atoms with Gasteiger partial charge in [-0.1, -0.05) is 37.6 Å². The summed E-state index contributed by atoms with van der Waals surface area (Å²) in [5.41, 5.74) is 6.55. The average Bonchev–Trinajstić information content (AvgIpc) is 2.87. The first kappa shape index (κ1) is 25.3. The molecular formula is C29H35NO4. The van der Waals surface area contributed by atoms with E-state index in [2.05, 4.69) is 56.0 Å². The Morgan fingerprint density at radius 1 is 0.882 bits per heavy atom. The first-order valence-corrected chi connectivity index (χ1v) is 12.1. The quantitative estimate of drug-likeness (QED) is 0.332. The second-order valence-electron chi connectivity index (χ2n) is 8.28. The fourth-order valence-corrected chi connectivity index (χ4v) is 4.23. The van der Waals surface area contributed by atoms with Crippen LogP contribution in [0.15, 0.2) is 60.7 Å². The van der Waals surface area contributed by atoms with Gasteiger partial charge < -0.3 is 19.8 Å². The van der Waals surface area contributed by atoms with Crippen molar-refractivity contribution in [3.05, 3.63) is 71.8 Å². The number of aliphatic hydroxyl groups excluding tert-OH is 1. The van der Waals surface area contributed by atoms with Crippen LogP contribution in [0.2, 0.25) is 0 Å². The highest BCUT2D eigenvalue weighted by Crippen LogP contribution is 2.37. The summed E-state index contributed by atoms with van der Waals surface area (Å²) < 4.78 is 5.86. The summed E-state index contributed by atoms with van der Waals surface area (Å²) in [6.45, 7) is 8.49. The Balaban J connectivity index is 2.08. The minimum absolute atomic E-state index is 0.0556. The Morgan fingerprint density at radius 3 is 2.21 bits per heavy atom. The number of aliphatic hydroxyl groups is 1. The number of hydrogen-bond acceptors (Lipinski definition) is 4. The summed E-state index contributed by atoms with van der Waals surface area (Å²) in [5, 5.41) is 18.7. The van der Waals surface area contributed by atoms with Gasteiger partial charge in [0.05, 0.1) is 12.2 Å². The minimum atomic E-state index is -0.911. The SMILES string of the molecule is CCCCc1cc(C(=O)O)ccc1-c1ccc(OCCO)c(-c2ccc(N(CC)CC)cc2)c1. The van der Waals surface area contributed by atoms with E-state index in [0.29, 0.717) is 11.3 Å². The molecule has 0 saturated heterocycles. The largest absolute Gasteiger partial charge is 0.491 e. The van der Waals surface area contributed by atoms with E-state index in [9.17, 15) is 15.0 Å². The van der Waals surface area contributed by atoms with E-state index in [1.807, 2.05) is 18.2 Å². The van der Waals surface area contributed by atoms with E-state index in [4.69, 9.17) is 4.74 Å². The molecule has 0 unspecified atom stereocenters. The molecule has 2 N–H and O–H groups in total. The predicted octanol–water partition coefficient (Wildman–Crippen LogP) is 6.28. The maximum atomic E-state index is 11.5. The first-order chi connectivity index (χ1) is 16.5. The van der Waals surface area contributed by atoms with Crippen LogP contribution in [0.25, 0.3) is 22.3 Å². The van der Waals surface area contributed by atoms with Crippen molar-refractivity contribution in [2.45, 2.75) is 40.0 Å². The molecule has 5 heteroatoms. The highest BCUT2D eigenvalue weighted by Gasteiger charge is 2.14. The number of nitrogens with zero attached hydrogens (tertiary/aromatic N) is 1. The van der Waals surface area contributed by atoms with E-state index in [-0.39, 0.29) is 13.2 Å². The van der Waals surface area contributed by atoms with Crippen molar-refractivity contribution in [3.8, 4) is 28.0 Å². The number of carboxylic acid groups (broad SMARTS) is 1. The zero-order chi connectivity index (χ0) is 24.5. The normalized spacial score (nSPS) is 10.8. The number of carboxylic acids is 1. The first-order valence-electron chi connectivity index (χ1n) is 12.1. The van der Waals surface area contributed by atoms with Crippen molar-refractivity contribution in [3.63, 3.8) is 0 Å². The monoisotopic (exact) mass is 461 g/mol. The average molecular weight is 462 g/mol. The zero-order valence-corrected chi connectivity index (χ0v) is 20.4. The van der Waals surface area contributed by atoms with Gasteiger partial charge in [0.2, 0.25) is 0 Å². The molecule has 34 heavy (non-hydrogen) atoms. The predicted molar refractivity (Wildman–Crippen MR) is 139 cm³/mol. The molecule has 0 fully saturated rings. The molecule has 5 nitrogen and oxygen atoms in total. The molecule has 0 aliphatic heterocycles. The minimum Gasteiger partial charge on any atom is -0.491 e. The van der Waals surface area contributed by atoms with Gasteiger partial charge >= 0.3 is 5.97 Å². The third-order valence-corrected chi connectivity index (χ3v) is 6.10. The Morgan fingerprint density at radius 2 is 1.59 bits per heavy atom. The molecule has 3 aromatic carbocycles. The molecule has 0 heterocycles. The second-order valence-corrected chi connectivity index (χ2v) is 8.28. The van der Waals surface area contributed by atoms with Gasteiger partial charge in [0.25, 0.3) is 0 Å². The number of unbranched alkanes of at least 4 members (excludes halogenated alkanes) is 1. The van der Waals surface area contributed by atoms with Crippen LogP contribution >= 0.6 is 0 Å². The van der Waals surface area contributed by atoms with Crippen LogP contribution in [0.1, 0.15) is 49.5 Å². The van der Waals surface area contributed by atoms with Crippen molar-refractivity contribution in [1.29, 1.82) is 0 Å². The van der Waals surface area contributed by atoms with Crippen LogP contribution < -0.4 is 9.64 Å². The lowest BCUT2D eigenvalue weighted by Gasteiger charge is -2.21. The van der Waals surface area contributed by atoms with Crippen molar-refractivity contribution in [1.82, 2.24) is 0 Å². The molecule has 0 saturated carbocycles. The third kappa shape index (κ3) is 5.97. The fourth-order valence-electron chi connectivity index (χ4n) is 4.23. The van der Waals surface area contributed by atoms with Gasteiger partial charge in [-0.15, -0.1) is 0 Å². The summed E-state index contributed by atoms with van der Waals surface area (Å²) in [5.74, 6) is -0.198. The van der Waals surface area contributed by atoms with Crippen LogP contribution in [0, 0.1) is 0 Å². The molecule has 0 radical (unpaired) electrons. The van der Waals surface area contributed by atoms with Crippen LogP contribution in [0.5, 0.6) is 5.75 Å². The number of ether oxygens (including phenoxy) is 1. The number of aromatic carboxylic acids is 1. The Hall–Kier alpha value is -3.31. The maximum Gasteiger partial charge on any atom is 0.335 e. The van der Waals surface area contributed by atoms with Gasteiger partial charge in [-0.25, -0.2) is 4.79 Å². The highest BCUT2D eigenvalue weighted by molar-refractivity contribution is 5.89. The van der Waals surface area contributed by atoms with Crippen molar-refractivity contribution in [2.24, 2.45) is 0 Å². The van der Waals surface area contributed by atoms with Crippen LogP contribution in [0.3, 0.4) is 0 Å².